The normalized spacial score (nSPS) is 31.5. The molecule has 2 aliphatic rings. The number of rotatable bonds is 1. The molecule has 0 radical (unpaired) electrons. The van der Waals surface area contributed by atoms with E-state index in [0.29, 0.717) is 19.7 Å². The summed E-state index contributed by atoms with van der Waals surface area (Å²) in [6.07, 6.45) is 1.56. The molecule has 0 saturated carbocycles. The molecule has 0 aromatic heterocycles. The Morgan fingerprint density at radius 3 is 2.77 bits per heavy atom. The highest BCUT2D eigenvalue weighted by molar-refractivity contribution is 5.82. The van der Waals surface area contributed by atoms with Crippen molar-refractivity contribution >= 4 is 5.91 Å². The van der Waals surface area contributed by atoms with Crippen molar-refractivity contribution in [2.24, 2.45) is 0 Å². The third-order valence-corrected chi connectivity index (χ3v) is 2.58. The van der Waals surface area contributed by atoms with Gasteiger partial charge in [-0.05, 0) is 19.8 Å². The maximum absolute atomic E-state index is 11.6. The first-order valence-electron chi connectivity index (χ1n) is 4.71. The lowest BCUT2D eigenvalue weighted by Gasteiger charge is -2.44. The van der Waals surface area contributed by atoms with Gasteiger partial charge in [-0.1, -0.05) is 0 Å². The molecule has 2 aliphatic heterocycles. The summed E-state index contributed by atoms with van der Waals surface area (Å²) in [6, 6.07) is 0. The SMILES string of the molecule is CC1(O)CN(C(=O)[C@H]2CCCO2)C1. The lowest BCUT2D eigenvalue weighted by atomic mass is 9.96. The fraction of sp³-hybridized carbons (Fsp3) is 0.889. The van der Waals surface area contributed by atoms with E-state index in [9.17, 15) is 9.90 Å². The van der Waals surface area contributed by atoms with Crippen LogP contribution < -0.4 is 0 Å². The summed E-state index contributed by atoms with van der Waals surface area (Å²) in [5.41, 5.74) is -0.672. The fourth-order valence-corrected chi connectivity index (χ4v) is 1.91. The van der Waals surface area contributed by atoms with Gasteiger partial charge in [-0.3, -0.25) is 4.79 Å². The van der Waals surface area contributed by atoms with E-state index in [0.717, 1.165) is 12.8 Å². The van der Waals surface area contributed by atoms with E-state index >= 15 is 0 Å². The van der Waals surface area contributed by atoms with Crippen molar-refractivity contribution in [2.75, 3.05) is 19.7 Å². The van der Waals surface area contributed by atoms with E-state index in [-0.39, 0.29) is 12.0 Å². The third kappa shape index (κ3) is 1.69. The predicted octanol–water partition coefficient (Wildman–Crippen LogP) is -0.241. The van der Waals surface area contributed by atoms with Gasteiger partial charge >= 0.3 is 0 Å². The Balaban J connectivity index is 1.85. The molecule has 74 valence electrons. The van der Waals surface area contributed by atoms with Gasteiger partial charge in [0.1, 0.15) is 6.10 Å². The second kappa shape index (κ2) is 2.96. The number of aliphatic hydroxyl groups is 1. The monoisotopic (exact) mass is 185 g/mol. The van der Waals surface area contributed by atoms with Crippen LogP contribution in [0.5, 0.6) is 0 Å². The summed E-state index contributed by atoms with van der Waals surface area (Å²) < 4.78 is 5.27. The van der Waals surface area contributed by atoms with E-state index < -0.39 is 5.60 Å². The Bertz CT molecular complexity index is 213. The number of nitrogens with zero attached hydrogens (tertiary/aromatic N) is 1. The van der Waals surface area contributed by atoms with Gasteiger partial charge in [0, 0.05) is 6.61 Å². The molecule has 0 aliphatic carbocycles. The quantitative estimate of drug-likeness (QED) is 0.613. The predicted molar refractivity (Wildman–Crippen MR) is 46.2 cm³/mol. The Hall–Kier alpha value is -0.610. The van der Waals surface area contributed by atoms with E-state index in [1.54, 1.807) is 11.8 Å². The van der Waals surface area contributed by atoms with Crippen LogP contribution in [0.25, 0.3) is 0 Å². The molecule has 2 fully saturated rings. The highest BCUT2D eigenvalue weighted by Gasteiger charge is 2.42. The van der Waals surface area contributed by atoms with Crippen molar-refractivity contribution in [3.63, 3.8) is 0 Å². The van der Waals surface area contributed by atoms with Gasteiger partial charge in [0.05, 0.1) is 18.7 Å². The molecule has 0 unspecified atom stereocenters. The highest BCUT2D eigenvalue weighted by Crippen LogP contribution is 2.23. The smallest absolute Gasteiger partial charge is 0.251 e. The minimum Gasteiger partial charge on any atom is -0.386 e. The largest absolute Gasteiger partial charge is 0.386 e. The van der Waals surface area contributed by atoms with Gasteiger partial charge in [0.2, 0.25) is 0 Å². The second-order valence-electron chi connectivity index (χ2n) is 4.19. The molecule has 1 N–H and O–H groups in total. The maximum atomic E-state index is 11.6. The Labute approximate surface area is 77.5 Å². The van der Waals surface area contributed by atoms with Crippen molar-refractivity contribution in [3.8, 4) is 0 Å². The molecule has 0 aromatic carbocycles. The first-order valence-corrected chi connectivity index (χ1v) is 4.71. The first-order chi connectivity index (χ1) is 6.08. The van der Waals surface area contributed by atoms with Crippen molar-refractivity contribution in [1.82, 2.24) is 4.90 Å². The Morgan fingerprint density at radius 2 is 2.31 bits per heavy atom. The van der Waals surface area contributed by atoms with Crippen LogP contribution in [0.1, 0.15) is 19.8 Å². The van der Waals surface area contributed by atoms with Gasteiger partial charge in [0.15, 0.2) is 0 Å². The Morgan fingerprint density at radius 1 is 1.62 bits per heavy atom. The minimum absolute atomic E-state index is 0.0454. The molecule has 4 nitrogen and oxygen atoms in total. The van der Waals surface area contributed by atoms with Crippen molar-refractivity contribution in [3.05, 3.63) is 0 Å². The van der Waals surface area contributed by atoms with Crippen LogP contribution in [-0.2, 0) is 9.53 Å². The topological polar surface area (TPSA) is 49.8 Å². The molecule has 13 heavy (non-hydrogen) atoms. The summed E-state index contributed by atoms with van der Waals surface area (Å²) in [5.74, 6) is 0.0454. The van der Waals surface area contributed by atoms with Gasteiger partial charge in [-0.25, -0.2) is 0 Å². The lowest BCUT2D eigenvalue weighted by molar-refractivity contribution is -0.161. The van der Waals surface area contributed by atoms with Gasteiger partial charge in [0.25, 0.3) is 5.91 Å². The second-order valence-corrected chi connectivity index (χ2v) is 4.19. The number of carbonyl (C=O) groups is 1. The van der Waals surface area contributed by atoms with Crippen LogP contribution in [0.15, 0.2) is 0 Å². The van der Waals surface area contributed by atoms with Gasteiger partial charge in [-0.2, -0.15) is 0 Å². The van der Waals surface area contributed by atoms with E-state index in [1.165, 1.54) is 0 Å². The molecular formula is C9H15NO3. The van der Waals surface area contributed by atoms with Crippen molar-refractivity contribution in [2.45, 2.75) is 31.5 Å². The molecular weight excluding hydrogens is 170 g/mol. The maximum Gasteiger partial charge on any atom is 0.251 e. The number of ether oxygens (including phenoxy) is 1. The van der Waals surface area contributed by atoms with Crippen LogP contribution in [0.3, 0.4) is 0 Å². The molecule has 0 spiro atoms. The zero-order chi connectivity index (χ0) is 9.47. The molecule has 1 atom stereocenters. The molecule has 0 bridgehead atoms. The molecule has 2 heterocycles. The zero-order valence-corrected chi connectivity index (χ0v) is 7.82. The first kappa shape index (κ1) is 8.97. The highest BCUT2D eigenvalue weighted by atomic mass is 16.5. The summed E-state index contributed by atoms with van der Waals surface area (Å²) in [6.45, 7) is 3.34. The number of hydrogen-bond acceptors (Lipinski definition) is 3. The molecule has 2 rings (SSSR count). The van der Waals surface area contributed by atoms with Crippen molar-refractivity contribution < 1.29 is 14.6 Å². The van der Waals surface area contributed by atoms with Crippen LogP contribution in [0.4, 0.5) is 0 Å². The summed E-state index contributed by atoms with van der Waals surface area (Å²) in [4.78, 5) is 13.3. The zero-order valence-electron chi connectivity index (χ0n) is 7.82. The number of carbonyl (C=O) groups excluding carboxylic acids is 1. The standard InChI is InChI=1S/C9H15NO3/c1-9(12)5-10(6-9)8(11)7-3-2-4-13-7/h7,12H,2-6H2,1H3/t7-/m1/s1. The van der Waals surface area contributed by atoms with Crippen LogP contribution >= 0.6 is 0 Å². The summed E-state index contributed by atoms with van der Waals surface area (Å²) in [7, 11) is 0. The molecule has 1 amide bonds. The van der Waals surface area contributed by atoms with Crippen molar-refractivity contribution in [1.29, 1.82) is 0 Å². The number of hydrogen-bond donors (Lipinski definition) is 1. The third-order valence-electron chi connectivity index (χ3n) is 2.58. The summed E-state index contributed by atoms with van der Waals surface area (Å²) >= 11 is 0. The van der Waals surface area contributed by atoms with Gasteiger partial charge < -0.3 is 14.7 Å². The van der Waals surface area contributed by atoms with E-state index in [1.807, 2.05) is 0 Å². The number of likely N-dealkylation sites (tertiary alicyclic amines) is 1. The number of amides is 1. The van der Waals surface area contributed by atoms with E-state index in [4.69, 9.17) is 4.74 Å². The molecule has 2 saturated heterocycles. The van der Waals surface area contributed by atoms with Crippen LogP contribution in [-0.4, -0.2) is 47.3 Å². The van der Waals surface area contributed by atoms with Crippen LogP contribution in [0.2, 0.25) is 0 Å². The van der Waals surface area contributed by atoms with E-state index in [2.05, 4.69) is 0 Å². The van der Waals surface area contributed by atoms with Crippen LogP contribution in [0, 0.1) is 0 Å². The average molecular weight is 185 g/mol. The molecule has 0 aromatic rings. The summed E-state index contributed by atoms with van der Waals surface area (Å²) in [5, 5.41) is 9.44. The number of β-amino-alcohol motifs (C(OH)–C–C–N with tert-alkyl or cyclic N) is 1. The fourth-order valence-electron chi connectivity index (χ4n) is 1.91. The lowest BCUT2D eigenvalue weighted by Crippen LogP contribution is -2.63. The Kier molecular flexibility index (Phi) is 2.04. The van der Waals surface area contributed by atoms with Gasteiger partial charge in [-0.15, -0.1) is 0 Å². The average Bonchev–Trinajstić information content (AvgIpc) is 2.50. The minimum atomic E-state index is -0.672. The molecule has 4 heteroatoms.